The normalized spacial score (nSPS) is 10.8. The number of benzene rings is 2. The molecule has 0 saturated heterocycles. The third kappa shape index (κ3) is 2.55. The molecule has 0 unspecified atom stereocenters. The minimum absolute atomic E-state index is 0.693. The van der Waals surface area contributed by atoms with Crippen molar-refractivity contribution in [1.82, 2.24) is 9.78 Å². The Kier molecular flexibility index (Phi) is 3.26. The Morgan fingerprint density at radius 3 is 2.29 bits per heavy atom. The molecule has 3 aromatic rings. The summed E-state index contributed by atoms with van der Waals surface area (Å²) in [6.07, 6.45) is 1.87. The molecular formula is C18H19N3. The third-order valence-electron chi connectivity index (χ3n) is 3.82. The summed E-state index contributed by atoms with van der Waals surface area (Å²) in [7, 11) is 0. The first-order chi connectivity index (χ1) is 10.0. The Labute approximate surface area is 125 Å². The van der Waals surface area contributed by atoms with E-state index in [1.54, 1.807) is 0 Å². The topological polar surface area (TPSA) is 43.8 Å². The summed E-state index contributed by atoms with van der Waals surface area (Å²) in [6, 6.07) is 14.5. The van der Waals surface area contributed by atoms with Gasteiger partial charge in [-0.1, -0.05) is 29.8 Å². The van der Waals surface area contributed by atoms with E-state index in [9.17, 15) is 0 Å². The van der Waals surface area contributed by atoms with Gasteiger partial charge in [0, 0.05) is 5.56 Å². The van der Waals surface area contributed by atoms with Gasteiger partial charge in [0.2, 0.25) is 0 Å². The van der Waals surface area contributed by atoms with Crippen LogP contribution in [-0.2, 0) is 0 Å². The molecule has 0 fully saturated rings. The Hall–Kier alpha value is -2.55. The Morgan fingerprint density at radius 2 is 1.62 bits per heavy atom. The van der Waals surface area contributed by atoms with Gasteiger partial charge in [0.15, 0.2) is 0 Å². The number of hydrogen-bond donors (Lipinski definition) is 1. The molecule has 1 heterocycles. The summed E-state index contributed by atoms with van der Waals surface area (Å²) >= 11 is 0. The van der Waals surface area contributed by atoms with E-state index in [0.717, 1.165) is 16.9 Å². The molecule has 0 saturated carbocycles. The van der Waals surface area contributed by atoms with Crippen LogP contribution in [-0.4, -0.2) is 9.78 Å². The number of nitrogens with zero attached hydrogens (tertiary/aromatic N) is 2. The summed E-state index contributed by atoms with van der Waals surface area (Å²) in [5, 5.41) is 4.64. The number of rotatable bonds is 2. The van der Waals surface area contributed by atoms with Gasteiger partial charge in [0.05, 0.1) is 17.6 Å². The second-order valence-corrected chi connectivity index (χ2v) is 5.51. The summed E-state index contributed by atoms with van der Waals surface area (Å²) in [5.41, 5.74) is 13.5. The van der Waals surface area contributed by atoms with Crippen molar-refractivity contribution in [1.29, 1.82) is 0 Å². The zero-order valence-electron chi connectivity index (χ0n) is 12.6. The standard InChI is InChI=1S/C18H19N3/c1-12-4-8-16(9-5-12)21-11-17(19)18(20-21)15-7-6-13(2)14(3)10-15/h4-11H,19H2,1-3H3. The second-order valence-electron chi connectivity index (χ2n) is 5.51. The van der Waals surface area contributed by atoms with Crippen molar-refractivity contribution in [2.75, 3.05) is 5.73 Å². The maximum Gasteiger partial charge on any atom is 0.116 e. The lowest BCUT2D eigenvalue weighted by molar-refractivity contribution is 0.884. The molecule has 2 aromatic carbocycles. The highest BCUT2D eigenvalue weighted by Crippen LogP contribution is 2.27. The minimum Gasteiger partial charge on any atom is -0.396 e. The van der Waals surface area contributed by atoms with Crippen LogP contribution in [0.3, 0.4) is 0 Å². The molecule has 3 heteroatoms. The van der Waals surface area contributed by atoms with Gasteiger partial charge in [-0.05, 0) is 50.1 Å². The molecule has 0 radical (unpaired) electrons. The number of anilines is 1. The van der Waals surface area contributed by atoms with E-state index in [0.29, 0.717) is 5.69 Å². The van der Waals surface area contributed by atoms with Crippen LogP contribution in [0.5, 0.6) is 0 Å². The van der Waals surface area contributed by atoms with Gasteiger partial charge in [0.1, 0.15) is 5.69 Å². The van der Waals surface area contributed by atoms with E-state index in [-0.39, 0.29) is 0 Å². The number of hydrogen-bond acceptors (Lipinski definition) is 2. The van der Waals surface area contributed by atoms with Crippen LogP contribution in [0.1, 0.15) is 16.7 Å². The van der Waals surface area contributed by atoms with Crippen LogP contribution in [0, 0.1) is 20.8 Å². The predicted molar refractivity (Wildman–Crippen MR) is 87.6 cm³/mol. The fourth-order valence-electron chi connectivity index (χ4n) is 2.33. The first kappa shape index (κ1) is 13.4. The highest BCUT2D eigenvalue weighted by atomic mass is 15.3. The summed E-state index contributed by atoms with van der Waals surface area (Å²) in [4.78, 5) is 0. The summed E-state index contributed by atoms with van der Waals surface area (Å²) < 4.78 is 1.83. The SMILES string of the molecule is Cc1ccc(-n2cc(N)c(-c3ccc(C)c(C)c3)n2)cc1. The lowest BCUT2D eigenvalue weighted by Gasteiger charge is -2.04. The average molecular weight is 277 g/mol. The van der Waals surface area contributed by atoms with Gasteiger partial charge in [0.25, 0.3) is 0 Å². The fraction of sp³-hybridized carbons (Fsp3) is 0.167. The van der Waals surface area contributed by atoms with Gasteiger partial charge in [-0.3, -0.25) is 0 Å². The van der Waals surface area contributed by atoms with E-state index in [1.807, 2.05) is 23.0 Å². The third-order valence-corrected chi connectivity index (χ3v) is 3.82. The van der Waals surface area contributed by atoms with Crippen LogP contribution in [0.4, 0.5) is 5.69 Å². The van der Waals surface area contributed by atoms with Gasteiger partial charge >= 0.3 is 0 Å². The van der Waals surface area contributed by atoms with Crippen LogP contribution >= 0.6 is 0 Å². The number of aromatic nitrogens is 2. The van der Waals surface area contributed by atoms with Crippen LogP contribution in [0.15, 0.2) is 48.7 Å². The molecule has 1 aromatic heterocycles. The maximum atomic E-state index is 6.15. The molecule has 3 rings (SSSR count). The Bertz CT molecular complexity index is 783. The van der Waals surface area contributed by atoms with Gasteiger partial charge in [-0.25, -0.2) is 4.68 Å². The Balaban J connectivity index is 2.05. The van der Waals surface area contributed by atoms with E-state index in [2.05, 4.69) is 56.2 Å². The molecule has 21 heavy (non-hydrogen) atoms. The minimum atomic E-state index is 0.693. The van der Waals surface area contributed by atoms with Gasteiger partial charge < -0.3 is 5.73 Å². The second kappa shape index (κ2) is 5.09. The van der Waals surface area contributed by atoms with Crippen molar-refractivity contribution in [3.63, 3.8) is 0 Å². The molecule has 106 valence electrons. The van der Waals surface area contributed by atoms with Crippen molar-refractivity contribution < 1.29 is 0 Å². The fourth-order valence-corrected chi connectivity index (χ4v) is 2.33. The first-order valence-electron chi connectivity index (χ1n) is 7.04. The average Bonchev–Trinajstić information content (AvgIpc) is 2.85. The molecule has 0 spiro atoms. The molecule has 0 amide bonds. The molecule has 2 N–H and O–H groups in total. The van der Waals surface area contributed by atoms with Crippen LogP contribution in [0.25, 0.3) is 16.9 Å². The van der Waals surface area contributed by atoms with Crippen molar-refractivity contribution in [3.05, 3.63) is 65.4 Å². The van der Waals surface area contributed by atoms with Crippen molar-refractivity contribution in [2.24, 2.45) is 0 Å². The molecule has 0 aliphatic rings. The van der Waals surface area contributed by atoms with Crippen LogP contribution in [0.2, 0.25) is 0 Å². The molecule has 0 aliphatic heterocycles. The molecule has 0 aliphatic carbocycles. The van der Waals surface area contributed by atoms with Gasteiger partial charge in [-0.15, -0.1) is 0 Å². The lowest BCUT2D eigenvalue weighted by atomic mass is 10.0. The van der Waals surface area contributed by atoms with E-state index < -0.39 is 0 Å². The molecule has 0 bridgehead atoms. The van der Waals surface area contributed by atoms with Crippen molar-refractivity contribution >= 4 is 5.69 Å². The number of nitrogens with two attached hydrogens (primary N) is 1. The number of aryl methyl sites for hydroxylation is 3. The zero-order chi connectivity index (χ0) is 15.0. The zero-order valence-corrected chi connectivity index (χ0v) is 12.6. The smallest absolute Gasteiger partial charge is 0.116 e. The van der Waals surface area contributed by atoms with Gasteiger partial charge in [-0.2, -0.15) is 5.10 Å². The van der Waals surface area contributed by atoms with Crippen LogP contribution < -0.4 is 5.73 Å². The highest BCUT2D eigenvalue weighted by molar-refractivity contribution is 5.73. The Morgan fingerprint density at radius 1 is 0.905 bits per heavy atom. The molecule has 3 nitrogen and oxygen atoms in total. The van der Waals surface area contributed by atoms with E-state index in [4.69, 9.17) is 5.73 Å². The van der Waals surface area contributed by atoms with E-state index >= 15 is 0 Å². The first-order valence-corrected chi connectivity index (χ1v) is 7.04. The largest absolute Gasteiger partial charge is 0.396 e. The highest BCUT2D eigenvalue weighted by Gasteiger charge is 2.10. The monoisotopic (exact) mass is 277 g/mol. The summed E-state index contributed by atoms with van der Waals surface area (Å²) in [6.45, 7) is 6.28. The predicted octanol–water partition coefficient (Wildman–Crippen LogP) is 4.05. The van der Waals surface area contributed by atoms with Crippen molar-refractivity contribution in [3.8, 4) is 16.9 Å². The summed E-state index contributed by atoms with van der Waals surface area (Å²) in [5.74, 6) is 0. The molecular weight excluding hydrogens is 258 g/mol. The maximum absolute atomic E-state index is 6.15. The van der Waals surface area contributed by atoms with Crippen molar-refractivity contribution in [2.45, 2.75) is 20.8 Å². The molecule has 0 atom stereocenters. The lowest BCUT2D eigenvalue weighted by Crippen LogP contribution is -1.94. The van der Waals surface area contributed by atoms with E-state index in [1.165, 1.54) is 16.7 Å². The number of nitrogen functional groups attached to an aromatic ring is 1. The quantitative estimate of drug-likeness (QED) is 0.768.